The first kappa shape index (κ1) is 25.2. The van der Waals surface area contributed by atoms with E-state index in [4.69, 9.17) is 4.98 Å². The summed E-state index contributed by atoms with van der Waals surface area (Å²) in [6.07, 6.45) is 0. The second kappa shape index (κ2) is 9.65. The summed E-state index contributed by atoms with van der Waals surface area (Å²) in [7, 11) is 0. The molecule has 0 radical (unpaired) electrons. The monoisotopic (exact) mass is 585 g/mol. The van der Waals surface area contributed by atoms with E-state index in [2.05, 4.69) is 173 Å². The van der Waals surface area contributed by atoms with Crippen molar-refractivity contribution >= 4 is 60.4 Å². The van der Waals surface area contributed by atoms with E-state index < -0.39 is 0 Å². The molecule has 46 heavy (non-hydrogen) atoms. The van der Waals surface area contributed by atoms with Gasteiger partial charge in [-0.05, 0) is 98.0 Å². The fraction of sp³-hybridized carbons (Fsp3) is 0. The first-order chi connectivity index (χ1) is 22.8. The number of nitrogens with zero attached hydrogens (tertiary/aromatic N) is 3. The van der Waals surface area contributed by atoms with E-state index in [0.717, 1.165) is 45.2 Å². The lowest BCUT2D eigenvalue weighted by Crippen LogP contribution is -2.11. The Morgan fingerprint density at radius 1 is 0.391 bits per heavy atom. The molecule has 1 aliphatic heterocycles. The van der Waals surface area contributed by atoms with Gasteiger partial charge in [-0.15, -0.1) is 0 Å². The van der Waals surface area contributed by atoms with Gasteiger partial charge >= 0.3 is 0 Å². The molecule has 8 aromatic carbocycles. The van der Waals surface area contributed by atoms with Gasteiger partial charge in [-0.25, -0.2) is 4.98 Å². The molecule has 9 aromatic rings. The summed E-state index contributed by atoms with van der Waals surface area (Å²) >= 11 is 0. The third kappa shape index (κ3) is 3.57. The van der Waals surface area contributed by atoms with Crippen LogP contribution < -0.4 is 4.90 Å². The van der Waals surface area contributed by atoms with Crippen LogP contribution in [0.3, 0.4) is 0 Å². The minimum atomic E-state index is 0.955. The number of fused-ring (bicyclic) bond motifs is 13. The third-order valence-electron chi connectivity index (χ3n) is 9.49. The van der Waals surface area contributed by atoms with Crippen LogP contribution in [0.2, 0.25) is 0 Å². The average Bonchev–Trinajstić information content (AvgIpc) is 3.46. The highest BCUT2D eigenvalue weighted by Gasteiger charge is 2.28. The summed E-state index contributed by atoms with van der Waals surface area (Å²) in [5, 5.41) is 7.72. The van der Waals surface area contributed by atoms with E-state index in [1.807, 2.05) is 0 Å². The van der Waals surface area contributed by atoms with Crippen molar-refractivity contribution in [3.05, 3.63) is 164 Å². The third-order valence-corrected chi connectivity index (χ3v) is 9.49. The lowest BCUT2D eigenvalue weighted by Gasteiger charge is -2.27. The van der Waals surface area contributed by atoms with Gasteiger partial charge in [0.05, 0.1) is 28.1 Å². The molecular weight excluding hydrogens is 558 g/mol. The summed E-state index contributed by atoms with van der Waals surface area (Å²) in [4.78, 5) is 7.55. The van der Waals surface area contributed by atoms with Crippen molar-refractivity contribution in [2.45, 2.75) is 0 Å². The first-order valence-corrected chi connectivity index (χ1v) is 15.7. The smallest absolute Gasteiger partial charge is 0.147 e. The normalized spacial score (nSPS) is 12.3. The van der Waals surface area contributed by atoms with Gasteiger partial charge in [-0.2, -0.15) is 0 Å². The molecule has 1 aromatic heterocycles. The Labute approximate surface area is 266 Å². The Balaban J connectivity index is 1.20. The van der Waals surface area contributed by atoms with Crippen LogP contribution in [0.1, 0.15) is 0 Å². The van der Waals surface area contributed by atoms with Crippen LogP contribution in [0, 0.1) is 0 Å². The van der Waals surface area contributed by atoms with E-state index in [-0.39, 0.29) is 0 Å². The number of benzene rings is 8. The lowest BCUT2D eigenvalue weighted by molar-refractivity contribution is 1.11. The van der Waals surface area contributed by atoms with Crippen molar-refractivity contribution < 1.29 is 0 Å². The largest absolute Gasteiger partial charge is 0.308 e. The highest BCUT2D eigenvalue weighted by atomic mass is 15.2. The van der Waals surface area contributed by atoms with Crippen LogP contribution in [0.5, 0.6) is 0 Å². The second-order valence-electron chi connectivity index (χ2n) is 12.0. The van der Waals surface area contributed by atoms with Gasteiger partial charge in [0, 0.05) is 11.3 Å². The van der Waals surface area contributed by atoms with Crippen molar-refractivity contribution in [2.75, 3.05) is 4.90 Å². The fourth-order valence-electron chi connectivity index (χ4n) is 7.47. The molecule has 0 spiro atoms. The average molecular weight is 586 g/mol. The molecule has 0 aliphatic carbocycles. The van der Waals surface area contributed by atoms with E-state index in [0.29, 0.717) is 0 Å². The van der Waals surface area contributed by atoms with E-state index in [1.165, 1.54) is 43.4 Å². The Morgan fingerprint density at radius 2 is 0.978 bits per heavy atom. The Bertz CT molecular complexity index is 2630. The number of hydrogen-bond donors (Lipinski definition) is 0. The van der Waals surface area contributed by atoms with Crippen molar-refractivity contribution in [1.29, 1.82) is 0 Å². The molecule has 0 saturated carbocycles. The van der Waals surface area contributed by atoms with Gasteiger partial charge in [0.25, 0.3) is 0 Å². The molecule has 3 heteroatoms. The molecule has 214 valence electrons. The van der Waals surface area contributed by atoms with Gasteiger partial charge in [0.1, 0.15) is 5.82 Å². The quantitative estimate of drug-likeness (QED) is 0.188. The molecule has 3 nitrogen and oxygen atoms in total. The molecule has 0 fully saturated rings. The zero-order valence-electron chi connectivity index (χ0n) is 24.9. The summed E-state index contributed by atoms with van der Waals surface area (Å²) in [5.74, 6) is 0.955. The van der Waals surface area contributed by atoms with Gasteiger partial charge in [0.15, 0.2) is 0 Å². The summed E-state index contributed by atoms with van der Waals surface area (Å²) < 4.78 is 2.31. The number of aromatic nitrogens is 2. The summed E-state index contributed by atoms with van der Waals surface area (Å²) in [6.45, 7) is 0. The van der Waals surface area contributed by atoms with Gasteiger partial charge in [-0.3, -0.25) is 4.57 Å². The van der Waals surface area contributed by atoms with Crippen LogP contribution in [0.25, 0.3) is 71.6 Å². The molecule has 0 saturated heterocycles. The van der Waals surface area contributed by atoms with Crippen molar-refractivity contribution in [3.8, 4) is 28.2 Å². The van der Waals surface area contributed by atoms with Crippen molar-refractivity contribution in [1.82, 2.24) is 9.55 Å². The zero-order valence-corrected chi connectivity index (χ0v) is 24.9. The molecule has 10 rings (SSSR count). The number of imidazole rings is 1. The molecular formula is C43H27N3. The van der Waals surface area contributed by atoms with Gasteiger partial charge < -0.3 is 4.90 Å². The van der Waals surface area contributed by atoms with Crippen LogP contribution in [0.15, 0.2) is 164 Å². The molecule has 0 amide bonds. The molecule has 0 atom stereocenters. The summed E-state index contributed by atoms with van der Waals surface area (Å²) in [6, 6.07) is 59.1. The molecule has 0 bridgehead atoms. The van der Waals surface area contributed by atoms with Crippen molar-refractivity contribution in [3.63, 3.8) is 0 Å². The Kier molecular flexibility index (Phi) is 5.28. The highest BCUT2D eigenvalue weighted by Crippen LogP contribution is 2.48. The molecule has 0 N–H and O–H groups in total. The van der Waals surface area contributed by atoms with E-state index in [1.54, 1.807) is 0 Å². The van der Waals surface area contributed by atoms with Crippen LogP contribution in [0.4, 0.5) is 17.1 Å². The number of hydrogen-bond acceptors (Lipinski definition) is 2. The molecule has 0 unspecified atom stereocenters. The standard InChI is InChI=1S/C43H27N3/c1-2-16-33-31(14-1)32-15-3-4-17-34(32)37-27-29(24-25-35(33)37)28-12-11-13-30(26-28)45-39-20-7-5-18-36(39)43-44-38-19-6-8-21-40(38)46(43)42-23-10-9-22-41(42)45/h1-27H. The lowest BCUT2D eigenvalue weighted by atomic mass is 9.92. The van der Waals surface area contributed by atoms with Crippen LogP contribution in [-0.4, -0.2) is 9.55 Å². The minimum absolute atomic E-state index is 0.955. The maximum Gasteiger partial charge on any atom is 0.147 e. The minimum Gasteiger partial charge on any atom is -0.308 e. The van der Waals surface area contributed by atoms with E-state index in [9.17, 15) is 0 Å². The first-order valence-electron chi connectivity index (χ1n) is 15.7. The van der Waals surface area contributed by atoms with Gasteiger partial charge in [-0.1, -0.05) is 109 Å². The van der Waals surface area contributed by atoms with Crippen molar-refractivity contribution in [2.24, 2.45) is 0 Å². The number of para-hydroxylation sites is 5. The Morgan fingerprint density at radius 3 is 1.76 bits per heavy atom. The SMILES string of the molecule is c1cc(-c2ccc3c4ccccc4c4ccccc4c3c2)cc(N2c3ccccc3-c3nc4ccccc4n3-c3ccccc32)c1. The maximum atomic E-state index is 5.16. The highest BCUT2D eigenvalue weighted by molar-refractivity contribution is 6.25. The second-order valence-corrected chi connectivity index (χ2v) is 12.0. The molecule has 1 aliphatic rings. The predicted molar refractivity (Wildman–Crippen MR) is 193 cm³/mol. The molecule has 2 heterocycles. The Hall–Kier alpha value is -6.19. The topological polar surface area (TPSA) is 21.1 Å². The zero-order chi connectivity index (χ0) is 30.2. The van der Waals surface area contributed by atoms with E-state index >= 15 is 0 Å². The fourth-order valence-corrected chi connectivity index (χ4v) is 7.47. The number of rotatable bonds is 2. The predicted octanol–water partition coefficient (Wildman–Crippen LogP) is 11.6. The number of anilines is 3. The van der Waals surface area contributed by atoms with Crippen LogP contribution >= 0.6 is 0 Å². The van der Waals surface area contributed by atoms with Crippen LogP contribution in [-0.2, 0) is 0 Å². The summed E-state index contributed by atoms with van der Waals surface area (Å²) in [5.41, 5.74) is 10.0. The van der Waals surface area contributed by atoms with Gasteiger partial charge in [0.2, 0.25) is 0 Å². The maximum absolute atomic E-state index is 5.16.